The van der Waals surface area contributed by atoms with Gasteiger partial charge >= 0.3 is 5.97 Å². The predicted octanol–water partition coefficient (Wildman–Crippen LogP) is 4.47. The number of esters is 1. The van der Waals surface area contributed by atoms with Gasteiger partial charge in [-0.25, -0.2) is 4.79 Å². The zero-order valence-corrected chi connectivity index (χ0v) is 17.6. The van der Waals surface area contributed by atoms with Gasteiger partial charge in [-0.05, 0) is 56.7 Å². The summed E-state index contributed by atoms with van der Waals surface area (Å²) >= 11 is 6.03. The highest BCUT2D eigenvalue weighted by Crippen LogP contribution is 2.40. The van der Waals surface area contributed by atoms with Crippen LogP contribution in [-0.4, -0.2) is 12.6 Å². The van der Waals surface area contributed by atoms with E-state index in [1.807, 2.05) is 19.1 Å². The molecule has 30 heavy (non-hydrogen) atoms. The lowest BCUT2D eigenvalue weighted by Gasteiger charge is -2.25. The molecule has 1 aliphatic rings. The Kier molecular flexibility index (Phi) is 6.38. The van der Waals surface area contributed by atoms with Crippen molar-refractivity contribution in [3.05, 3.63) is 75.2 Å². The lowest BCUT2D eigenvalue weighted by Crippen LogP contribution is -2.25. The van der Waals surface area contributed by atoms with Gasteiger partial charge in [-0.15, -0.1) is 0 Å². The summed E-state index contributed by atoms with van der Waals surface area (Å²) in [4.78, 5) is 12.5. The zero-order chi connectivity index (χ0) is 21.8. The number of aryl methyl sites for hydroxylation is 1. The van der Waals surface area contributed by atoms with Gasteiger partial charge in [-0.2, -0.15) is 5.26 Å². The molecule has 2 heterocycles. The second-order valence-corrected chi connectivity index (χ2v) is 7.03. The summed E-state index contributed by atoms with van der Waals surface area (Å²) in [6, 6.07) is 10.8. The monoisotopic (exact) mass is 428 g/mol. The average molecular weight is 429 g/mol. The van der Waals surface area contributed by atoms with Crippen LogP contribution in [0.3, 0.4) is 0 Å². The number of ether oxygens (including phenoxy) is 3. The molecular formula is C22H21ClN2O5. The summed E-state index contributed by atoms with van der Waals surface area (Å²) < 4.78 is 22.2. The standard InChI is InChI=1S/C22H21ClN2O5/c1-4-27-22(26)19-13(3)29-21(25)16(10-24)20(19)18-8-6-15(30-18)11-28-14-5-7-17(23)12(2)9-14/h5-9,20H,4,11,25H2,1-3H3/t20-/m0/s1. The van der Waals surface area contributed by atoms with Gasteiger partial charge in [0.15, 0.2) is 0 Å². The fraction of sp³-hybridized carbons (Fsp3) is 0.273. The molecule has 1 atom stereocenters. The van der Waals surface area contributed by atoms with Crippen molar-refractivity contribution < 1.29 is 23.4 Å². The Morgan fingerprint density at radius 3 is 2.73 bits per heavy atom. The number of nitrogens with two attached hydrogens (primary N) is 1. The van der Waals surface area contributed by atoms with Gasteiger partial charge in [-0.3, -0.25) is 0 Å². The van der Waals surface area contributed by atoms with Crippen LogP contribution in [0, 0.1) is 18.3 Å². The van der Waals surface area contributed by atoms with E-state index in [-0.39, 0.29) is 36.0 Å². The Balaban J connectivity index is 1.87. The minimum atomic E-state index is -0.825. The lowest BCUT2D eigenvalue weighted by atomic mass is 9.87. The van der Waals surface area contributed by atoms with Crippen molar-refractivity contribution >= 4 is 17.6 Å². The van der Waals surface area contributed by atoms with Gasteiger partial charge in [0, 0.05) is 5.02 Å². The third kappa shape index (κ3) is 4.29. The van der Waals surface area contributed by atoms with Crippen LogP contribution < -0.4 is 10.5 Å². The lowest BCUT2D eigenvalue weighted by molar-refractivity contribution is -0.139. The summed E-state index contributed by atoms with van der Waals surface area (Å²) in [6.45, 7) is 5.51. The number of nitriles is 1. The molecule has 0 aliphatic carbocycles. The van der Waals surface area contributed by atoms with Crippen molar-refractivity contribution in [1.29, 1.82) is 5.26 Å². The third-order valence-corrected chi connectivity index (χ3v) is 5.00. The second-order valence-electron chi connectivity index (χ2n) is 6.62. The Morgan fingerprint density at radius 2 is 2.07 bits per heavy atom. The van der Waals surface area contributed by atoms with Crippen molar-refractivity contribution in [2.75, 3.05) is 6.61 Å². The Hall–Kier alpha value is -3.37. The molecule has 7 nitrogen and oxygen atoms in total. The van der Waals surface area contributed by atoms with E-state index < -0.39 is 11.9 Å². The van der Waals surface area contributed by atoms with E-state index in [9.17, 15) is 10.1 Å². The number of nitrogens with zero attached hydrogens (tertiary/aromatic N) is 1. The van der Waals surface area contributed by atoms with E-state index in [0.717, 1.165) is 5.56 Å². The number of hydrogen-bond acceptors (Lipinski definition) is 7. The molecule has 0 amide bonds. The van der Waals surface area contributed by atoms with Crippen LogP contribution in [0.2, 0.25) is 5.02 Å². The maximum absolute atomic E-state index is 12.5. The smallest absolute Gasteiger partial charge is 0.338 e. The summed E-state index contributed by atoms with van der Waals surface area (Å²) in [5.41, 5.74) is 7.04. The van der Waals surface area contributed by atoms with Crippen molar-refractivity contribution in [3.8, 4) is 11.8 Å². The molecule has 2 N–H and O–H groups in total. The van der Waals surface area contributed by atoms with E-state index in [1.165, 1.54) is 0 Å². The number of hydrogen-bond donors (Lipinski definition) is 1. The summed E-state index contributed by atoms with van der Waals surface area (Å²) in [5, 5.41) is 10.3. The average Bonchev–Trinajstić information content (AvgIpc) is 3.17. The van der Waals surface area contributed by atoms with Gasteiger partial charge in [0.05, 0.1) is 18.1 Å². The molecule has 0 bridgehead atoms. The van der Waals surface area contributed by atoms with E-state index in [2.05, 4.69) is 0 Å². The third-order valence-electron chi connectivity index (χ3n) is 4.58. The molecule has 1 aromatic carbocycles. The quantitative estimate of drug-likeness (QED) is 0.676. The number of carbonyl (C=O) groups is 1. The van der Waals surface area contributed by atoms with Crippen molar-refractivity contribution in [2.24, 2.45) is 5.73 Å². The normalized spacial score (nSPS) is 16.2. The molecule has 0 saturated carbocycles. The summed E-state index contributed by atoms with van der Waals surface area (Å²) in [7, 11) is 0. The van der Waals surface area contributed by atoms with Gasteiger partial charge < -0.3 is 24.4 Å². The van der Waals surface area contributed by atoms with Crippen LogP contribution >= 0.6 is 11.6 Å². The minimum absolute atomic E-state index is 0.0705. The van der Waals surface area contributed by atoms with E-state index >= 15 is 0 Å². The summed E-state index contributed by atoms with van der Waals surface area (Å²) in [5.74, 6) is 0.303. The van der Waals surface area contributed by atoms with Crippen LogP contribution in [0.1, 0.15) is 36.8 Å². The van der Waals surface area contributed by atoms with Gasteiger partial charge in [0.2, 0.25) is 5.88 Å². The molecule has 0 saturated heterocycles. The molecule has 8 heteroatoms. The Morgan fingerprint density at radius 1 is 1.30 bits per heavy atom. The van der Waals surface area contributed by atoms with Gasteiger partial charge in [0.25, 0.3) is 0 Å². The zero-order valence-electron chi connectivity index (χ0n) is 16.8. The highest BCUT2D eigenvalue weighted by Gasteiger charge is 2.38. The molecule has 156 valence electrons. The first-order chi connectivity index (χ1) is 14.3. The number of benzene rings is 1. The number of halogens is 1. The Bertz CT molecular complexity index is 1080. The van der Waals surface area contributed by atoms with E-state index in [1.54, 1.807) is 38.1 Å². The van der Waals surface area contributed by atoms with Crippen LogP contribution in [0.5, 0.6) is 5.75 Å². The highest BCUT2D eigenvalue weighted by molar-refractivity contribution is 6.31. The molecule has 0 spiro atoms. The molecule has 1 aromatic heterocycles. The van der Waals surface area contributed by atoms with Crippen molar-refractivity contribution in [1.82, 2.24) is 0 Å². The van der Waals surface area contributed by atoms with Crippen LogP contribution in [0.15, 0.2) is 57.5 Å². The molecule has 0 fully saturated rings. The molecule has 0 radical (unpaired) electrons. The first kappa shape index (κ1) is 21.3. The van der Waals surface area contributed by atoms with Crippen LogP contribution in [0.4, 0.5) is 0 Å². The van der Waals surface area contributed by atoms with Gasteiger partial charge in [-0.1, -0.05) is 11.6 Å². The van der Waals surface area contributed by atoms with E-state index in [4.69, 9.17) is 36.0 Å². The molecule has 0 unspecified atom stereocenters. The SMILES string of the molecule is CCOC(=O)C1=C(C)OC(N)=C(C#N)[C@H]1c1ccc(COc2ccc(Cl)c(C)c2)o1. The summed E-state index contributed by atoms with van der Waals surface area (Å²) in [6.07, 6.45) is 0. The number of rotatable bonds is 6. The highest BCUT2D eigenvalue weighted by atomic mass is 35.5. The van der Waals surface area contributed by atoms with Crippen LogP contribution in [0.25, 0.3) is 0 Å². The fourth-order valence-electron chi connectivity index (χ4n) is 3.13. The molecular weight excluding hydrogens is 408 g/mol. The molecule has 2 aromatic rings. The first-order valence-electron chi connectivity index (χ1n) is 9.28. The number of furan rings is 1. The largest absolute Gasteiger partial charge is 0.486 e. The van der Waals surface area contributed by atoms with Crippen molar-refractivity contribution in [3.63, 3.8) is 0 Å². The number of carbonyl (C=O) groups excluding carboxylic acids is 1. The first-order valence-corrected chi connectivity index (χ1v) is 9.66. The molecule has 1 aliphatic heterocycles. The second kappa shape index (κ2) is 8.97. The maximum atomic E-state index is 12.5. The minimum Gasteiger partial charge on any atom is -0.486 e. The fourth-order valence-corrected chi connectivity index (χ4v) is 3.25. The van der Waals surface area contributed by atoms with Crippen molar-refractivity contribution in [2.45, 2.75) is 33.3 Å². The predicted molar refractivity (Wildman–Crippen MR) is 109 cm³/mol. The molecule has 3 rings (SSSR count). The topological polar surface area (TPSA) is 108 Å². The van der Waals surface area contributed by atoms with E-state index in [0.29, 0.717) is 22.3 Å². The van der Waals surface area contributed by atoms with Gasteiger partial charge in [0.1, 0.15) is 41.3 Å². The maximum Gasteiger partial charge on any atom is 0.338 e. The number of allylic oxidation sites excluding steroid dienone is 2. The Labute approximate surface area is 179 Å². The van der Waals surface area contributed by atoms with Crippen LogP contribution in [-0.2, 0) is 20.9 Å².